The highest BCUT2D eigenvalue weighted by Crippen LogP contribution is 2.64. The minimum absolute atomic E-state index is 0.0132. The highest BCUT2D eigenvalue weighted by Gasteiger charge is 2.48. The normalized spacial score (nSPS) is 19.7. The first-order chi connectivity index (χ1) is 28.9. The Morgan fingerprint density at radius 1 is 0.435 bits per heavy atom. The van der Waals surface area contributed by atoms with Crippen LogP contribution in [-0.4, -0.2) is 0 Å². The molecule has 2 heteroatoms. The van der Waals surface area contributed by atoms with E-state index in [1.807, 2.05) is 0 Å². The molecule has 0 aromatic heterocycles. The second-order valence-corrected chi connectivity index (χ2v) is 24.2. The zero-order chi connectivity index (χ0) is 44.3. The van der Waals surface area contributed by atoms with Crippen LogP contribution in [0.3, 0.4) is 0 Å². The van der Waals surface area contributed by atoms with Gasteiger partial charge in [-0.25, -0.2) is 0 Å². The third kappa shape index (κ3) is 6.09. The lowest BCUT2D eigenvalue weighted by molar-refractivity contribution is 0.402. The van der Waals surface area contributed by atoms with Crippen molar-refractivity contribution in [3.8, 4) is 11.1 Å². The van der Waals surface area contributed by atoms with Gasteiger partial charge in [-0.05, 0) is 156 Å². The van der Waals surface area contributed by atoms with Crippen LogP contribution in [0, 0.1) is 6.92 Å². The zero-order valence-electron chi connectivity index (χ0n) is 40.3. The maximum Gasteiger partial charge on any atom is 0.0527 e. The fourth-order valence-electron chi connectivity index (χ4n) is 12.7. The summed E-state index contributed by atoms with van der Waals surface area (Å²) in [5.41, 5.74) is 24.6. The van der Waals surface area contributed by atoms with Crippen molar-refractivity contribution in [2.75, 3.05) is 9.80 Å². The Morgan fingerprint density at radius 3 is 1.63 bits per heavy atom. The van der Waals surface area contributed by atoms with Gasteiger partial charge in [-0.3, -0.25) is 0 Å². The van der Waals surface area contributed by atoms with Gasteiger partial charge in [0.1, 0.15) is 0 Å². The maximum absolute atomic E-state index is 2.70. The fourth-order valence-corrected chi connectivity index (χ4v) is 12.7. The van der Waals surface area contributed by atoms with Crippen LogP contribution < -0.4 is 9.80 Å². The van der Waals surface area contributed by atoms with Crippen LogP contribution >= 0.6 is 0 Å². The Morgan fingerprint density at radius 2 is 1.00 bits per heavy atom. The number of rotatable bonds is 3. The second-order valence-electron chi connectivity index (χ2n) is 24.2. The van der Waals surface area contributed by atoms with Gasteiger partial charge in [-0.1, -0.05) is 164 Å². The molecule has 62 heavy (non-hydrogen) atoms. The lowest BCUT2D eigenvalue weighted by Gasteiger charge is -2.47. The molecule has 318 valence electrons. The summed E-state index contributed by atoms with van der Waals surface area (Å²) in [6.45, 7) is 36.2. The lowest BCUT2D eigenvalue weighted by Crippen LogP contribution is -2.31. The molecular weight excluding hydrogens is 749 g/mol. The van der Waals surface area contributed by atoms with Gasteiger partial charge in [0.25, 0.3) is 0 Å². The molecule has 1 unspecified atom stereocenters. The Kier molecular flexibility index (Phi) is 8.59. The predicted molar refractivity (Wildman–Crippen MR) is 266 cm³/mol. The summed E-state index contributed by atoms with van der Waals surface area (Å²) in [6, 6.07) is 43.3. The number of hydrogen-bond acceptors (Lipinski definition) is 2. The predicted octanol–water partition coefficient (Wildman–Crippen LogP) is 16.9. The summed E-state index contributed by atoms with van der Waals surface area (Å²) in [5, 5.41) is 0. The van der Waals surface area contributed by atoms with Crippen molar-refractivity contribution < 1.29 is 0 Å². The maximum atomic E-state index is 2.70. The quantitative estimate of drug-likeness (QED) is 0.175. The average molecular weight is 817 g/mol. The van der Waals surface area contributed by atoms with Crippen molar-refractivity contribution in [1.82, 2.24) is 0 Å². The first-order valence-electron chi connectivity index (χ1n) is 23.3. The van der Waals surface area contributed by atoms with Crippen LogP contribution in [0.1, 0.15) is 171 Å². The van der Waals surface area contributed by atoms with Gasteiger partial charge in [0.2, 0.25) is 0 Å². The van der Waals surface area contributed by atoms with E-state index < -0.39 is 0 Å². The molecule has 10 rings (SSSR count). The van der Waals surface area contributed by atoms with E-state index >= 15 is 0 Å². The van der Waals surface area contributed by atoms with Crippen LogP contribution in [0.15, 0.2) is 109 Å². The molecule has 2 aliphatic carbocycles. The number of anilines is 6. The summed E-state index contributed by atoms with van der Waals surface area (Å²) in [4.78, 5) is 5.35. The van der Waals surface area contributed by atoms with Gasteiger partial charge >= 0.3 is 0 Å². The summed E-state index contributed by atoms with van der Waals surface area (Å²) < 4.78 is 0. The molecule has 0 spiro atoms. The number of benzene rings is 6. The van der Waals surface area contributed by atoms with Crippen molar-refractivity contribution in [3.63, 3.8) is 0 Å². The minimum atomic E-state index is -0.0934. The van der Waals surface area contributed by atoms with Gasteiger partial charge in [0.15, 0.2) is 0 Å². The molecule has 0 N–H and O–H groups in total. The zero-order valence-corrected chi connectivity index (χ0v) is 40.3. The van der Waals surface area contributed by atoms with Crippen LogP contribution in [0.2, 0.25) is 0 Å². The topological polar surface area (TPSA) is 6.48 Å². The van der Waals surface area contributed by atoms with Crippen LogP contribution in [0.25, 0.3) is 11.1 Å². The van der Waals surface area contributed by atoms with E-state index in [0.29, 0.717) is 0 Å². The third-order valence-electron chi connectivity index (χ3n) is 15.4. The van der Waals surface area contributed by atoms with E-state index in [2.05, 4.69) is 223 Å². The van der Waals surface area contributed by atoms with Crippen LogP contribution in [0.4, 0.5) is 34.1 Å². The van der Waals surface area contributed by atoms with Crippen molar-refractivity contribution in [2.45, 2.75) is 155 Å². The van der Waals surface area contributed by atoms with Gasteiger partial charge < -0.3 is 9.80 Å². The number of aryl methyl sites for hydroxylation is 1. The SMILES string of the molecule is Cc1ccc(-c2ccccc2)cc1N1c2ccc(C(C)(C)C)cc2C2c3cc4c(cc3N(c3ccc5c(c3)C(C)(C)CC5(C)C)c3cc(C(C)(C)C)cc1c32)C(C)(C)CC4(C)C. The van der Waals surface area contributed by atoms with E-state index in [1.165, 1.54) is 101 Å². The summed E-state index contributed by atoms with van der Waals surface area (Å²) in [6.07, 6.45) is 2.28. The van der Waals surface area contributed by atoms with E-state index in [1.54, 1.807) is 0 Å². The van der Waals surface area contributed by atoms with Crippen LogP contribution in [-0.2, 0) is 32.5 Å². The highest BCUT2D eigenvalue weighted by molar-refractivity contribution is 5.98. The van der Waals surface area contributed by atoms with E-state index in [0.717, 1.165) is 12.8 Å². The van der Waals surface area contributed by atoms with E-state index in [4.69, 9.17) is 0 Å². The van der Waals surface area contributed by atoms with Gasteiger partial charge in [0, 0.05) is 22.9 Å². The Hall–Kier alpha value is -5.08. The van der Waals surface area contributed by atoms with Gasteiger partial charge in [-0.15, -0.1) is 0 Å². The molecule has 0 saturated carbocycles. The largest absolute Gasteiger partial charge is 0.310 e. The van der Waals surface area contributed by atoms with Crippen molar-refractivity contribution in [1.29, 1.82) is 0 Å². The molecule has 1 atom stereocenters. The van der Waals surface area contributed by atoms with Crippen molar-refractivity contribution >= 4 is 34.1 Å². The molecule has 2 aliphatic heterocycles. The molecular formula is C60H68N2. The Labute approximate surface area is 373 Å². The molecule has 6 aromatic rings. The number of hydrogen-bond donors (Lipinski definition) is 0. The van der Waals surface area contributed by atoms with Gasteiger partial charge in [0.05, 0.1) is 22.7 Å². The van der Waals surface area contributed by atoms with Gasteiger partial charge in [-0.2, -0.15) is 0 Å². The monoisotopic (exact) mass is 817 g/mol. The molecule has 4 aliphatic rings. The molecule has 6 aromatic carbocycles. The standard InChI is InChI=1S/C60H68N2/c1-36-21-22-38(37-19-17-16-18-20-37)27-49(36)62-48-26-23-39(55(2,3)4)28-42(48)53-43-32-46-47(60(14,15)35-59(46,12)13)33-50(43)61(51-29-40(56(5,6)7)30-52(62)54(51)53)41-24-25-44-45(31-41)58(10,11)34-57(44,8)9/h16-33,53H,34-35H2,1-15H3. The molecule has 0 saturated heterocycles. The van der Waals surface area contributed by atoms with E-state index in [-0.39, 0.29) is 38.4 Å². The molecule has 0 fully saturated rings. The third-order valence-corrected chi connectivity index (χ3v) is 15.4. The summed E-state index contributed by atoms with van der Waals surface area (Å²) in [5.74, 6) is 0.0565. The molecule has 0 bridgehead atoms. The van der Waals surface area contributed by atoms with Crippen LogP contribution in [0.5, 0.6) is 0 Å². The smallest absolute Gasteiger partial charge is 0.0527 e. The molecule has 2 heterocycles. The Balaban J connectivity index is 1.35. The summed E-state index contributed by atoms with van der Waals surface area (Å²) >= 11 is 0. The Bertz CT molecular complexity index is 2830. The molecule has 2 nitrogen and oxygen atoms in total. The highest BCUT2D eigenvalue weighted by atomic mass is 15.2. The minimum Gasteiger partial charge on any atom is -0.310 e. The van der Waals surface area contributed by atoms with Crippen molar-refractivity contribution in [2.24, 2.45) is 0 Å². The number of nitrogens with zero attached hydrogens (tertiary/aromatic N) is 2. The fraction of sp³-hybridized carbons (Fsp3) is 0.400. The number of fused-ring (bicyclic) bond motifs is 6. The molecule has 0 amide bonds. The second kappa shape index (κ2) is 13.0. The lowest BCUT2D eigenvalue weighted by atomic mass is 9.71. The van der Waals surface area contributed by atoms with E-state index in [9.17, 15) is 0 Å². The average Bonchev–Trinajstić information content (AvgIpc) is 3.50. The molecule has 0 radical (unpaired) electrons. The first kappa shape index (κ1) is 41.0. The van der Waals surface area contributed by atoms with Crippen molar-refractivity contribution in [3.05, 3.63) is 165 Å². The first-order valence-corrected chi connectivity index (χ1v) is 23.3. The summed E-state index contributed by atoms with van der Waals surface area (Å²) in [7, 11) is 0.